The fourth-order valence-electron chi connectivity index (χ4n) is 3.04. The third kappa shape index (κ3) is 4.75. The van der Waals surface area contributed by atoms with Gasteiger partial charge < -0.3 is 15.4 Å². The number of nitrogens with zero attached hydrogens (tertiary/aromatic N) is 1. The van der Waals surface area contributed by atoms with Gasteiger partial charge in [-0.25, -0.2) is 9.18 Å². The molecule has 0 unspecified atom stereocenters. The van der Waals surface area contributed by atoms with Gasteiger partial charge in [0.05, 0.1) is 31.0 Å². The second-order valence-electron chi connectivity index (χ2n) is 6.68. The first-order valence-corrected chi connectivity index (χ1v) is 9.23. The van der Waals surface area contributed by atoms with Crippen molar-refractivity contribution >= 4 is 23.4 Å². The summed E-state index contributed by atoms with van der Waals surface area (Å²) in [7, 11) is 0. The molecule has 0 saturated carbocycles. The summed E-state index contributed by atoms with van der Waals surface area (Å²) in [5, 5.41) is 5.41. The molecule has 8 heteroatoms. The fourth-order valence-corrected chi connectivity index (χ4v) is 3.04. The van der Waals surface area contributed by atoms with Gasteiger partial charge in [0.1, 0.15) is 11.9 Å². The molecule has 0 spiro atoms. The van der Waals surface area contributed by atoms with Crippen LogP contribution >= 0.6 is 0 Å². The molecular weight excluding hydrogens is 389 g/mol. The van der Waals surface area contributed by atoms with Gasteiger partial charge >= 0.3 is 6.09 Å². The van der Waals surface area contributed by atoms with E-state index in [1.165, 1.54) is 36.1 Å². The zero-order chi connectivity index (χ0) is 21.7. The molecule has 1 atom stereocenters. The van der Waals surface area contributed by atoms with Crippen molar-refractivity contribution in [1.82, 2.24) is 5.32 Å². The molecule has 2 N–H and O–H groups in total. The van der Waals surface area contributed by atoms with Gasteiger partial charge in [-0.2, -0.15) is 0 Å². The van der Waals surface area contributed by atoms with Crippen molar-refractivity contribution in [3.63, 3.8) is 0 Å². The number of rotatable bonds is 6. The first kappa shape index (κ1) is 20.9. The third-order valence-electron chi connectivity index (χ3n) is 4.52. The number of carbonyl (C=O) groups excluding carboxylic acids is 2. The maximum absolute atomic E-state index is 14.8. The molecule has 30 heavy (non-hydrogen) atoms. The first-order valence-electron chi connectivity index (χ1n) is 9.23. The molecule has 0 aliphatic carbocycles. The van der Waals surface area contributed by atoms with E-state index in [2.05, 4.69) is 16.6 Å². The Labute approximate surface area is 172 Å². The van der Waals surface area contributed by atoms with E-state index in [9.17, 15) is 18.8 Å². The van der Waals surface area contributed by atoms with E-state index in [-0.39, 0.29) is 36.5 Å². The maximum atomic E-state index is 14.8. The van der Waals surface area contributed by atoms with Gasteiger partial charge in [0.25, 0.3) is 0 Å². The number of anilines is 2. The highest BCUT2D eigenvalue weighted by Gasteiger charge is 2.32. The van der Waals surface area contributed by atoms with Gasteiger partial charge in [-0.1, -0.05) is 18.1 Å². The summed E-state index contributed by atoms with van der Waals surface area (Å²) in [6, 6.07) is 10.4. The summed E-state index contributed by atoms with van der Waals surface area (Å²) in [5.74, 6) is 1.61. The number of hydrogen-bond donors (Lipinski definition) is 2. The van der Waals surface area contributed by atoms with Gasteiger partial charge in [0.2, 0.25) is 11.3 Å². The number of nitrogens with one attached hydrogen (secondary N) is 2. The van der Waals surface area contributed by atoms with E-state index >= 15 is 0 Å². The van der Waals surface area contributed by atoms with Crippen LogP contribution in [0.15, 0.2) is 47.3 Å². The summed E-state index contributed by atoms with van der Waals surface area (Å²) in [5.41, 5.74) is 1.17. The van der Waals surface area contributed by atoms with Crippen LogP contribution in [0.3, 0.4) is 0 Å². The molecule has 1 fully saturated rings. The number of benzene rings is 1. The van der Waals surface area contributed by atoms with E-state index in [0.717, 1.165) is 0 Å². The molecular formula is C22H20FN3O4. The number of ether oxygens (including phenoxy) is 1. The first-order chi connectivity index (χ1) is 14.4. The molecule has 0 aromatic heterocycles. The molecule has 2 amide bonds. The Bertz CT molecular complexity index is 1080. The molecule has 3 rings (SSSR count). The molecule has 1 heterocycles. The Balaban J connectivity index is 1.81. The van der Waals surface area contributed by atoms with Crippen LogP contribution in [-0.4, -0.2) is 37.7 Å². The third-order valence-corrected chi connectivity index (χ3v) is 4.52. The molecule has 7 nitrogen and oxygen atoms in total. The maximum Gasteiger partial charge on any atom is 0.414 e. The number of cyclic esters (lactones) is 1. The van der Waals surface area contributed by atoms with Crippen LogP contribution in [0.1, 0.15) is 6.92 Å². The topological polar surface area (TPSA) is 87.7 Å². The molecule has 0 radical (unpaired) electrons. The van der Waals surface area contributed by atoms with Crippen LogP contribution in [0.25, 0.3) is 11.1 Å². The summed E-state index contributed by atoms with van der Waals surface area (Å²) in [6.45, 7) is 1.96. The number of halogens is 1. The Hall–Kier alpha value is -3.86. The minimum Gasteiger partial charge on any atom is -0.442 e. The standard InChI is InChI=1S/C22H20FN3O4/c1-3-10-24-20-8-4-15(5-9-21(20)28)18-7-6-16(11-19(18)23)26-13-17(30-22(26)29)12-25-14(2)27/h1,4-9,11,17H,10,12-13H2,2H3,(H,24,28)(H,25,27)/t17-/m0/s1. The summed E-state index contributed by atoms with van der Waals surface area (Å²) in [6.07, 6.45) is 4.07. The normalized spacial score (nSPS) is 15.3. The van der Waals surface area contributed by atoms with Crippen LogP contribution in [0, 0.1) is 18.2 Å². The van der Waals surface area contributed by atoms with Crippen LogP contribution in [0.5, 0.6) is 0 Å². The zero-order valence-corrected chi connectivity index (χ0v) is 16.3. The van der Waals surface area contributed by atoms with Gasteiger partial charge in [-0.3, -0.25) is 14.5 Å². The van der Waals surface area contributed by atoms with Gasteiger partial charge in [0, 0.05) is 12.5 Å². The smallest absolute Gasteiger partial charge is 0.414 e. The summed E-state index contributed by atoms with van der Waals surface area (Å²) < 4.78 is 20.0. The van der Waals surface area contributed by atoms with E-state index < -0.39 is 18.0 Å². The lowest BCUT2D eigenvalue weighted by Crippen LogP contribution is -2.33. The molecule has 2 aromatic rings. The average Bonchev–Trinajstić information content (AvgIpc) is 2.99. The monoisotopic (exact) mass is 409 g/mol. The SMILES string of the molecule is C#CCNc1ccc(-c2ccc(N3C[C@H](CNC(C)=O)OC3=O)cc2F)ccc1=O. The number of carbonyl (C=O) groups is 2. The van der Waals surface area contributed by atoms with Crippen molar-refractivity contribution in [2.24, 2.45) is 0 Å². The van der Waals surface area contributed by atoms with Crippen LogP contribution in [0.2, 0.25) is 0 Å². The van der Waals surface area contributed by atoms with Gasteiger partial charge in [0.15, 0.2) is 0 Å². The second-order valence-corrected chi connectivity index (χ2v) is 6.68. The minimum absolute atomic E-state index is 0.187. The quantitative estimate of drug-likeness (QED) is 0.716. The molecule has 1 saturated heterocycles. The molecule has 2 aromatic carbocycles. The fraction of sp³-hybridized carbons (Fsp3) is 0.227. The van der Waals surface area contributed by atoms with Crippen molar-refractivity contribution in [2.75, 3.05) is 29.9 Å². The highest BCUT2D eigenvalue weighted by Crippen LogP contribution is 2.28. The second kappa shape index (κ2) is 9.09. The summed E-state index contributed by atoms with van der Waals surface area (Å²) >= 11 is 0. The Morgan fingerprint density at radius 1 is 1.27 bits per heavy atom. The minimum atomic E-state index is -0.608. The Morgan fingerprint density at radius 3 is 2.73 bits per heavy atom. The predicted molar refractivity (Wildman–Crippen MR) is 112 cm³/mol. The Kier molecular flexibility index (Phi) is 6.32. The van der Waals surface area contributed by atoms with E-state index in [1.54, 1.807) is 18.2 Å². The molecule has 1 aliphatic rings. The van der Waals surface area contributed by atoms with Crippen molar-refractivity contribution in [3.8, 4) is 23.5 Å². The average molecular weight is 409 g/mol. The van der Waals surface area contributed by atoms with Crippen molar-refractivity contribution < 1.29 is 18.7 Å². The summed E-state index contributed by atoms with van der Waals surface area (Å²) in [4.78, 5) is 36.5. The van der Waals surface area contributed by atoms with Gasteiger partial charge in [-0.15, -0.1) is 6.42 Å². The largest absolute Gasteiger partial charge is 0.442 e. The lowest BCUT2D eigenvalue weighted by molar-refractivity contribution is -0.119. The van der Waals surface area contributed by atoms with E-state index in [0.29, 0.717) is 16.9 Å². The predicted octanol–water partition coefficient (Wildman–Crippen LogP) is 2.36. The number of terminal acetylenes is 1. The molecule has 1 aliphatic heterocycles. The van der Waals surface area contributed by atoms with Gasteiger partial charge in [-0.05, 0) is 35.9 Å². The Morgan fingerprint density at radius 2 is 2.03 bits per heavy atom. The highest BCUT2D eigenvalue weighted by molar-refractivity contribution is 5.90. The number of hydrogen-bond acceptors (Lipinski definition) is 5. The van der Waals surface area contributed by atoms with Crippen molar-refractivity contribution in [1.29, 1.82) is 0 Å². The number of amides is 2. The lowest BCUT2D eigenvalue weighted by atomic mass is 10.1. The van der Waals surface area contributed by atoms with Crippen molar-refractivity contribution in [3.05, 3.63) is 58.5 Å². The lowest BCUT2D eigenvalue weighted by Gasteiger charge is -2.14. The van der Waals surface area contributed by atoms with Crippen molar-refractivity contribution in [2.45, 2.75) is 13.0 Å². The molecule has 0 bridgehead atoms. The van der Waals surface area contributed by atoms with Crippen LogP contribution in [0.4, 0.5) is 20.6 Å². The molecule has 154 valence electrons. The van der Waals surface area contributed by atoms with Crippen LogP contribution < -0.4 is 21.0 Å². The van der Waals surface area contributed by atoms with E-state index in [1.807, 2.05) is 0 Å². The zero-order valence-electron chi connectivity index (χ0n) is 16.3. The van der Waals surface area contributed by atoms with E-state index in [4.69, 9.17) is 11.2 Å². The highest BCUT2D eigenvalue weighted by atomic mass is 19.1. The van der Waals surface area contributed by atoms with Crippen LogP contribution in [-0.2, 0) is 9.53 Å².